The zero-order valence-electron chi connectivity index (χ0n) is 13.8. The summed E-state index contributed by atoms with van der Waals surface area (Å²) in [6.07, 6.45) is 2.84. The van der Waals surface area contributed by atoms with Gasteiger partial charge in [0.05, 0.1) is 11.3 Å². The molecule has 2 heterocycles. The van der Waals surface area contributed by atoms with Crippen LogP contribution < -0.4 is 5.32 Å². The summed E-state index contributed by atoms with van der Waals surface area (Å²) in [4.78, 5) is 0. The molecule has 1 aliphatic heterocycles. The molecular weight excluding hydrogens is 266 g/mol. The second-order valence-electron chi connectivity index (χ2n) is 5.75. The Balaban J connectivity index is 2.19. The molecule has 0 bridgehead atoms. The maximum atomic E-state index is 6.20. The Hall–Kier alpha value is -0.910. The molecule has 0 spiro atoms. The molecule has 0 aliphatic carbocycles. The molecule has 1 aromatic heterocycles. The fourth-order valence-electron chi connectivity index (χ4n) is 3.40. The molecule has 21 heavy (non-hydrogen) atoms. The van der Waals surface area contributed by atoms with Crippen molar-refractivity contribution >= 4 is 0 Å². The minimum atomic E-state index is -0.126. The van der Waals surface area contributed by atoms with Gasteiger partial charge in [-0.1, -0.05) is 0 Å². The van der Waals surface area contributed by atoms with Gasteiger partial charge in [0.1, 0.15) is 0 Å². The molecule has 5 heteroatoms. The quantitative estimate of drug-likeness (QED) is 0.835. The summed E-state index contributed by atoms with van der Waals surface area (Å²) in [5, 5.41) is 8.04. The number of ether oxygens (including phenoxy) is 2. The van der Waals surface area contributed by atoms with Crippen molar-refractivity contribution in [3.8, 4) is 0 Å². The van der Waals surface area contributed by atoms with Crippen LogP contribution in [0.2, 0.25) is 0 Å². The molecule has 0 radical (unpaired) electrons. The van der Waals surface area contributed by atoms with Crippen molar-refractivity contribution in [3.63, 3.8) is 0 Å². The van der Waals surface area contributed by atoms with E-state index in [1.165, 1.54) is 5.69 Å². The van der Waals surface area contributed by atoms with E-state index in [0.717, 1.165) is 51.3 Å². The monoisotopic (exact) mass is 295 g/mol. The number of hydrogen-bond donors (Lipinski definition) is 1. The minimum Gasteiger partial charge on any atom is -0.381 e. The van der Waals surface area contributed by atoms with Gasteiger partial charge in [-0.3, -0.25) is 4.68 Å². The Morgan fingerprint density at radius 2 is 2.14 bits per heavy atom. The van der Waals surface area contributed by atoms with Gasteiger partial charge in [0, 0.05) is 57.4 Å². The van der Waals surface area contributed by atoms with Crippen LogP contribution in [0.1, 0.15) is 38.1 Å². The van der Waals surface area contributed by atoms with Gasteiger partial charge >= 0.3 is 0 Å². The highest BCUT2D eigenvalue weighted by molar-refractivity contribution is 5.13. The van der Waals surface area contributed by atoms with Crippen molar-refractivity contribution in [2.24, 2.45) is 0 Å². The molecule has 1 N–H and O–H groups in total. The highest BCUT2D eigenvalue weighted by Crippen LogP contribution is 2.31. The van der Waals surface area contributed by atoms with E-state index in [0.29, 0.717) is 0 Å². The zero-order chi connectivity index (χ0) is 15.3. The third-order valence-electron chi connectivity index (χ3n) is 4.45. The van der Waals surface area contributed by atoms with Crippen LogP contribution in [0.15, 0.2) is 6.07 Å². The highest BCUT2D eigenvalue weighted by atomic mass is 16.5. The van der Waals surface area contributed by atoms with E-state index in [1.807, 2.05) is 7.05 Å². The second kappa shape index (κ2) is 7.38. The van der Waals surface area contributed by atoms with E-state index in [1.54, 1.807) is 0 Å². The van der Waals surface area contributed by atoms with E-state index in [2.05, 4.69) is 41.9 Å². The smallest absolute Gasteiger partial charge is 0.0882 e. The molecule has 0 aromatic carbocycles. The minimum absolute atomic E-state index is 0.126. The van der Waals surface area contributed by atoms with Crippen molar-refractivity contribution in [1.82, 2.24) is 15.1 Å². The van der Waals surface area contributed by atoms with Gasteiger partial charge < -0.3 is 14.8 Å². The predicted molar refractivity (Wildman–Crippen MR) is 83.6 cm³/mol. The lowest BCUT2D eigenvalue weighted by atomic mass is 9.83. The molecule has 1 aliphatic rings. The van der Waals surface area contributed by atoms with Gasteiger partial charge in [-0.05, 0) is 33.9 Å². The topological polar surface area (TPSA) is 48.3 Å². The third-order valence-corrected chi connectivity index (χ3v) is 4.45. The number of likely N-dealkylation sites (N-methyl/N-ethyl adjacent to an activating group) is 1. The second-order valence-corrected chi connectivity index (χ2v) is 5.75. The first-order chi connectivity index (χ1) is 10.1. The number of rotatable bonds is 7. The Labute approximate surface area is 128 Å². The molecule has 1 unspecified atom stereocenters. The van der Waals surface area contributed by atoms with Crippen LogP contribution in [0, 0.1) is 6.92 Å². The molecule has 1 saturated heterocycles. The number of aryl methyl sites for hydroxylation is 2. The van der Waals surface area contributed by atoms with Crippen molar-refractivity contribution in [3.05, 3.63) is 17.5 Å². The van der Waals surface area contributed by atoms with Crippen LogP contribution in [0.25, 0.3) is 0 Å². The van der Waals surface area contributed by atoms with Crippen LogP contribution in [-0.4, -0.2) is 48.3 Å². The van der Waals surface area contributed by atoms with Crippen LogP contribution in [0.4, 0.5) is 0 Å². The fourth-order valence-corrected chi connectivity index (χ4v) is 3.40. The summed E-state index contributed by atoms with van der Waals surface area (Å²) in [6.45, 7) is 9.47. The molecule has 1 fully saturated rings. The fraction of sp³-hybridized carbons (Fsp3) is 0.812. The standard InChI is InChI=1S/C16H29N3O2/c1-5-19-14(11-13(3)18-19)12-15(17-4)16(21-6-2)7-9-20-10-8-16/h11,15,17H,5-10,12H2,1-4H3. The van der Waals surface area contributed by atoms with E-state index in [-0.39, 0.29) is 11.6 Å². The summed E-state index contributed by atoms with van der Waals surface area (Å²) >= 11 is 0. The highest BCUT2D eigenvalue weighted by Gasteiger charge is 2.40. The van der Waals surface area contributed by atoms with Gasteiger partial charge in [-0.2, -0.15) is 5.10 Å². The zero-order valence-corrected chi connectivity index (χ0v) is 13.8. The van der Waals surface area contributed by atoms with Crippen LogP contribution in [0.5, 0.6) is 0 Å². The molecule has 5 nitrogen and oxygen atoms in total. The van der Waals surface area contributed by atoms with Crippen molar-refractivity contribution in [1.29, 1.82) is 0 Å². The number of nitrogens with zero attached hydrogens (tertiary/aromatic N) is 2. The Morgan fingerprint density at radius 3 is 2.71 bits per heavy atom. The summed E-state index contributed by atoms with van der Waals surface area (Å²) in [6, 6.07) is 2.47. The average molecular weight is 295 g/mol. The lowest BCUT2D eigenvalue weighted by Gasteiger charge is -2.43. The summed E-state index contributed by atoms with van der Waals surface area (Å²) in [5.41, 5.74) is 2.23. The first kappa shape index (κ1) is 16.5. The Bertz CT molecular complexity index is 433. The van der Waals surface area contributed by atoms with Crippen LogP contribution >= 0.6 is 0 Å². The molecule has 2 rings (SSSR count). The van der Waals surface area contributed by atoms with Crippen molar-refractivity contribution < 1.29 is 9.47 Å². The maximum Gasteiger partial charge on any atom is 0.0882 e. The van der Waals surface area contributed by atoms with E-state index in [9.17, 15) is 0 Å². The van der Waals surface area contributed by atoms with Crippen LogP contribution in [0.3, 0.4) is 0 Å². The molecule has 120 valence electrons. The summed E-state index contributed by atoms with van der Waals surface area (Å²) in [5.74, 6) is 0. The van der Waals surface area contributed by atoms with Gasteiger partial charge in [-0.25, -0.2) is 0 Å². The first-order valence-corrected chi connectivity index (χ1v) is 8.07. The van der Waals surface area contributed by atoms with Crippen molar-refractivity contribution in [2.75, 3.05) is 26.9 Å². The maximum absolute atomic E-state index is 6.20. The SMILES string of the molecule is CCOC1(C(Cc2cc(C)nn2CC)NC)CCOCC1. The predicted octanol–water partition coefficient (Wildman–Crippen LogP) is 1.93. The van der Waals surface area contributed by atoms with E-state index < -0.39 is 0 Å². The number of aromatic nitrogens is 2. The van der Waals surface area contributed by atoms with Crippen molar-refractivity contribution in [2.45, 2.75) is 58.2 Å². The molecule has 1 aromatic rings. The molecular formula is C16H29N3O2. The Kier molecular flexibility index (Phi) is 5.79. The third kappa shape index (κ3) is 3.65. The van der Waals surface area contributed by atoms with E-state index in [4.69, 9.17) is 9.47 Å². The van der Waals surface area contributed by atoms with Gasteiger partial charge in [0.25, 0.3) is 0 Å². The summed E-state index contributed by atoms with van der Waals surface area (Å²) in [7, 11) is 2.03. The average Bonchev–Trinajstić information content (AvgIpc) is 2.85. The van der Waals surface area contributed by atoms with Crippen LogP contribution in [-0.2, 0) is 22.4 Å². The number of nitrogens with one attached hydrogen (secondary N) is 1. The van der Waals surface area contributed by atoms with Gasteiger partial charge in [-0.15, -0.1) is 0 Å². The molecule has 0 amide bonds. The Morgan fingerprint density at radius 1 is 1.43 bits per heavy atom. The lowest BCUT2D eigenvalue weighted by Crippen LogP contribution is -2.55. The normalized spacial score (nSPS) is 19.6. The van der Waals surface area contributed by atoms with Gasteiger partial charge in [0.2, 0.25) is 0 Å². The molecule has 1 atom stereocenters. The summed E-state index contributed by atoms with van der Waals surface area (Å²) < 4.78 is 13.8. The first-order valence-electron chi connectivity index (χ1n) is 8.07. The molecule has 0 saturated carbocycles. The largest absolute Gasteiger partial charge is 0.381 e. The number of hydrogen-bond acceptors (Lipinski definition) is 4. The van der Waals surface area contributed by atoms with E-state index >= 15 is 0 Å². The lowest BCUT2D eigenvalue weighted by molar-refractivity contribution is -0.125. The van der Waals surface area contributed by atoms with Gasteiger partial charge in [0.15, 0.2) is 0 Å².